The summed E-state index contributed by atoms with van der Waals surface area (Å²) in [7, 11) is 6.18. The highest BCUT2D eigenvalue weighted by Crippen LogP contribution is 2.38. The van der Waals surface area contributed by atoms with Gasteiger partial charge in [-0.05, 0) is 49.6 Å². The molecule has 2 radical (unpaired) electrons. The van der Waals surface area contributed by atoms with Crippen LogP contribution in [0.1, 0.15) is 42.4 Å². The number of hydrogen-bond acceptors (Lipinski definition) is 1. The molecule has 0 bridgehead atoms. The van der Waals surface area contributed by atoms with Gasteiger partial charge < -0.3 is 4.42 Å². The average molecular weight is 174 g/mol. The van der Waals surface area contributed by atoms with Gasteiger partial charge in [-0.1, -0.05) is 6.92 Å². The van der Waals surface area contributed by atoms with Gasteiger partial charge in [0.1, 0.15) is 11.5 Å². The minimum absolute atomic E-state index is 0.243. The van der Waals surface area contributed by atoms with E-state index in [4.69, 9.17) is 12.3 Å². The van der Waals surface area contributed by atoms with Gasteiger partial charge in [0, 0.05) is 0 Å². The Bertz CT molecular complexity index is 336. The molecule has 2 rings (SSSR count). The lowest BCUT2D eigenvalue weighted by atomic mass is 9.62. The number of aryl methyl sites for hydroxylation is 1. The molecule has 1 aromatic rings. The van der Waals surface area contributed by atoms with E-state index in [1.165, 1.54) is 17.5 Å². The number of furan rings is 1. The molecule has 0 aromatic carbocycles. The first-order valence-electron chi connectivity index (χ1n) is 4.90. The summed E-state index contributed by atoms with van der Waals surface area (Å²) in [5.41, 5.74) is 2.65. The smallest absolute Gasteiger partial charge is 0.104 e. The van der Waals surface area contributed by atoms with Crippen LogP contribution in [0.3, 0.4) is 0 Å². The van der Waals surface area contributed by atoms with E-state index in [0.29, 0.717) is 0 Å². The molecule has 1 nitrogen and oxygen atoms in total. The summed E-state index contributed by atoms with van der Waals surface area (Å²) in [6.45, 7) is 6.20. The molecule has 1 atom stereocenters. The van der Waals surface area contributed by atoms with Crippen LogP contribution in [-0.2, 0) is 11.7 Å². The second-order valence-electron chi connectivity index (χ2n) is 4.36. The molecule has 0 amide bonds. The van der Waals surface area contributed by atoms with E-state index in [1.807, 2.05) is 6.92 Å². The molecule has 0 spiro atoms. The Balaban J connectivity index is 2.59. The van der Waals surface area contributed by atoms with E-state index >= 15 is 0 Å². The van der Waals surface area contributed by atoms with E-state index in [9.17, 15) is 0 Å². The van der Waals surface area contributed by atoms with Crippen LogP contribution in [0.15, 0.2) is 4.42 Å². The predicted octanol–water partition coefficient (Wildman–Crippen LogP) is 2.62. The molecule has 68 valence electrons. The Kier molecular flexibility index (Phi) is 1.83. The second-order valence-corrected chi connectivity index (χ2v) is 4.36. The molecular weight excluding hydrogens is 159 g/mol. The largest absolute Gasteiger partial charge is 0.466 e. The maximum absolute atomic E-state index is 6.18. The van der Waals surface area contributed by atoms with Crippen LogP contribution < -0.4 is 0 Å². The molecule has 0 saturated carbocycles. The highest BCUT2D eigenvalue weighted by atomic mass is 16.3. The lowest BCUT2D eigenvalue weighted by Gasteiger charge is -2.28. The first-order valence-corrected chi connectivity index (χ1v) is 4.90. The molecule has 1 unspecified atom stereocenters. The number of hydrogen-bond donors (Lipinski definition) is 0. The molecule has 0 aliphatic heterocycles. The lowest BCUT2D eigenvalue weighted by Crippen LogP contribution is -2.26. The molecule has 0 N–H and O–H groups in total. The quantitative estimate of drug-likeness (QED) is 0.551. The Labute approximate surface area is 80.9 Å². The predicted molar refractivity (Wildman–Crippen MR) is 54.2 cm³/mol. The summed E-state index contributed by atoms with van der Waals surface area (Å²) in [6.07, 6.45) is 3.34. The zero-order valence-electron chi connectivity index (χ0n) is 8.61. The summed E-state index contributed by atoms with van der Waals surface area (Å²) in [6, 6.07) is 0. The SMILES string of the molecule is [B]C1(C)CCCc2c1oc(C)c2C. The summed E-state index contributed by atoms with van der Waals surface area (Å²) >= 11 is 0. The molecule has 0 saturated heterocycles. The Morgan fingerprint density at radius 2 is 2.08 bits per heavy atom. The van der Waals surface area contributed by atoms with Crippen molar-refractivity contribution in [3.8, 4) is 0 Å². The van der Waals surface area contributed by atoms with Crippen molar-refractivity contribution < 1.29 is 4.42 Å². The molecule has 1 heterocycles. The van der Waals surface area contributed by atoms with Crippen LogP contribution in [0, 0.1) is 13.8 Å². The van der Waals surface area contributed by atoms with Gasteiger partial charge in [-0.3, -0.25) is 0 Å². The molecule has 2 heteroatoms. The van der Waals surface area contributed by atoms with Crippen molar-refractivity contribution in [2.45, 2.75) is 45.3 Å². The van der Waals surface area contributed by atoms with Crippen LogP contribution in [0.25, 0.3) is 0 Å². The van der Waals surface area contributed by atoms with Crippen molar-refractivity contribution in [2.24, 2.45) is 0 Å². The first kappa shape index (κ1) is 8.92. The maximum Gasteiger partial charge on any atom is 0.104 e. The Morgan fingerprint density at radius 1 is 1.38 bits per heavy atom. The number of rotatable bonds is 0. The fraction of sp³-hybridized carbons (Fsp3) is 0.636. The van der Waals surface area contributed by atoms with Crippen LogP contribution >= 0.6 is 0 Å². The van der Waals surface area contributed by atoms with Gasteiger partial charge in [-0.25, -0.2) is 0 Å². The van der Waals surface area contributed by atoms with Crippen molar-refractivity contribution in [3.05, 3.63) is 22.6 Å². The third kappa shape index (κ3) is 1.23. The third-order valence-electron chi connectivity index (χ3n) is 3.15. The minimum atomic E-state index is -0.243. The fourth-order valence-electron chi connectivity index (χ4n) is 2.18. The molecule has 1 aliphatic carbocycles. The average Bonchev–Trinajstić information content (AvgIpc) is 2.32. The van der Waals surface area contributed by atoms with E-state index in [0.717, 1.165) is 24.4 Å². The van der Waals surface area contributed by atoms with Crippen LogP contribution in [-0.4, -0.2) is 7.85 Å². The highest BCUT2D eigenvalue weighted by Gasteiger charge is 2.32. The van der Waals surface area contributed by atoms with Gasteiger partial charge in [0.25, 0.3) is 0 Å². The van der Waals surface area contributed by atoms with Crippen LogP contribution in [0.2, 0.25) is 0 Å². The van der Waals surface area contributed by atoms with Crippen molar-refractivity contribution in [3.63, 3.8) is 0 Å². The molecule has 13 heavy (non-hydrogen) atoms. The van der Waals surface area contributed by atoms with Gasteiger partial charge >= 0.3 is 0 Å². The van der Waals surface area contributed by atoms with Gasteiger partial charge in [0.05, 0.1) is 7.85 Å². The second kappa shape index (κ2) is 2.66. The zero-order chi connectivity index (χ0) is 9.64. The topological polar surface area (TPSA) is 13.1 Å². The zero-order valence-corrected chi connectivity index (χ0v) is 8.61. The van der Waals surface area contributed by atoms with Gasteiger partial charge in [-0.15, -0.1) is 0 Å². The maximum atomic E-state index is 6.18. The van der Waals surface area contributed by atoms with Crippen LogP contribution in [0.5, 0.6) is 0 Å². The van der Waals surface area contributed by atoms with E-state index in [2.05, 4.69) is 13.8 Å². The highest BCUT2D eigenvalue weighted by molar-refractivity contribution is 6.15. The Morgan fingerprint density at radius 3 is 2.69 bits per heavy atom. The van der Waals surface area contributed by atoms with Gasteiger partial charge in [0.2, 0.25) is 0 Å². The lowest BCUT2D eigenvalue weighted by molar-refractivity contribution is 0.388. The van der Waals surface area contributed by atoms with Crippen molar-refractivity contribution in [1.29, 1.82) is 0 Å². The standard InChI is InChI=1S/C11H15BO/c1-7-8(2)13-10-9(7)5-4-6-11(10,3)12/h4-6H2,1-3H3. The van der Waals surface area contributed by atoms with Crippen molar-refractivity contribution >= 4 is 7.85 Å². The van der Waals surface area contributed by atoms with Gasteiger partial charge in [-0.2, -0.15) is 0 Å². The van der Waals surface area contributed by atoms with Crippen molar-refractivity contribution in [1.82, 2.24) is 0 Å². The minimum Gasteiger partial charge on any atom is -0.466 e. The van der Waals surface area contributed by atoms with E-state index in [1.54, 1.807) is 0 Å². The summed E-state index contributed by atoms with van der Waals surface area (Å²) in [4.78, 5) is 0. The monoisotopic (exact) mass is 174 g/mol. The van der Waals surface area contributed by atoms with Crippen molar-refractivity contribution in [2.75, 3.05) is 0 Å². The fourth-order valence-corrected chi connectivity index (χ4v) is 2.18. The molecule has 1 aliphatic rings. The molecule has 0 fully saturated rings. The van der Waals surface area contributed by atoms with E-state index in [-0.39, 0.29) is 5.31 Å². The molecular formula is C11H15BO. The number of fused-ring (bicyclic) bond motifs is 1. The van der Waals surface area contributed by atoms with E-state index < -0.39 is 0 Å². The third-order valence-corrected chi connectivity index (χ3v) is 3.15. The van der Waals surface area contributed by atoms with Crippen LogP contribution in [0.4, 0.5) is 0 Å². The summed E-state index contributed by atoms with van der Waals surface area (Å²) < 4.78 is 5.73. The normalized spacial score (nSPS) is 27.3. The van der Waals surface area contributed by atoms with Gasteiger partial charge in [0.15, 0.2) is 0 Å². The first-order chi connectivity index (χ1) is 6.02. The Hall–Kier alpha value is -0.655. The summed E-state index contributed by atoms with van der Waals surface area (Å²) in [5, 5.41) is -0.243. The summed E-state index contributed by atoms with van der Waals surface area (Å²) in [5.74, 6) is 2.05. The molecule has 1 aromatic heterocycles.